The van der Waals surface area contributed by atoms with Crippen LogP contribution in [-0.2, 0) is 16.0 Å². The van der Waals surface area contributed by atoms with Gasteiger partial charge in [-0.3, -0.25) is 9.59 Å². The molecule has 7 heteroatoms. The highest BCUT2D eigenvalue weighted by Crippen LogP contribution is 2.35. The van der Waals surface area contributed by atoms with Crippen molar-refractivity contribution in [1.82, 2.24) is 0 Å². The summed E-state index contributed by atoms with van der Waals surface area (Å²) in [4.78, 5) is 24.0. The maximum absolute atomic E-state index is 12.0. The van der Waals surface area contributed by atoms with Crippen LogP contribution in [-0.4, -0.2) is 28.8 Å². The molecule has 7 nitrogen and oxygen atoms in total. The second kappa shape index (κ2) is 18.1. The molecule has 0 bridgehead atoms. The number of hydrogen-bond acceptors (Lipinski definition) is 7. The van der Waals surface area contributed by atoms with E-state index in [1.165, 1.54) is 37.8 Å². The van der Waals surface area contributed by atoms with Crippen LogP contribution in [0.3, 0.4) is 0 Å². The fraction of sp³-hybridized carbons (Fsp3) is 0.548. The van der Waals surface area contributed by atoms with Crippen LogP contribution in [0.15, 0.2) is 36.4 Å². The smallest absolute Gasteiger partial charge is 0.311 e. The van der Waals surface area contributed by atoms with Crippen LogP contribution in [0.5, 0.6) is 28.7 Å². The maximum Gasteiger partial charge on any atom is 0.311 e. The van der Waals surface area contributed by atoms with Gasteiger partial charge in [-0.1, -0.05) is 77.3 Å². The summed E-state index contributed by atoms with van der Waals surface area (Å²) in [5, 5.41) is 18.5. The molecular weight excluding hydrogens is 484 g/mol. The zero-order valence-corrected chi connectivity index (χ0v) is 23.0. The molecular formula is C31H44O7. The molecule has 2 aromatic carbocycles. The van der Waals surface area contributed by atoms with Gasteiger partial charge in [0, 0.05) is 30.5 Å². The Morgan fingerprint density at radius 1 is 0.789 bits per heavy atom. The summed E-state index contributed by atoms with van der Waals surface area (Å²) in [5.41, 5.74) is 0.805. The molecule has 1 aliphatic heterocycles. The van der Waals surface area contributed by atoms with Gasteiger partial charge in [0.15, 0.2) is 11.5 Å². The minimum atomic E-state index is -0.274. The molecule has 0 spiro atoms. The number of para-hydroxylation sites is 2. The number of carbonyl (C=O) groups is 2. The average molecular weight is 529 g/mol. The Bertz CT molecular complexity index is 939. The van der Waals surface area contributed by atoms with Crippen LogP contribution in [0.2, 0.25) is 0 Å². The van der Waals surface area contributed by atoms with Crippen molar-refractivity contribution >= 4 is 11.9 Å². The van der Waals surface area contributed by atoms with Gasteiger partial charge in [0.2, 0.25) is 0 Å². The van der Waals surface area contributed by atoms with E-state index in [0.717, 1.165) is 56.9 Å². The molecule has 210 valence electrons. The van der Waals surface area contributed by atoms with E-state index in [4.69, 9.17) is 19.3 Å². The quantitative estimate of drug-likeness (QED) is 0.147. The molecule has 38 heavy (non-hydrogen) atoms. The molecule has 0 unspecified atom stereocenters. The standard InChI is InChI=1S/C22H34O4.C9H10O3/c1-3-5-7-9-11-17-21(23)25-19-15-13-14-16-20(19)26-22(24)18-12-10-8-6-4-2;10-6-4-8(11)7-2-1-3-12-9(7)5-6/h13-16H,3-12,17-18H2,1-2H3;4-5,10-11H,1-3H2. The average Bonchev–Trinajstić information content (AvgIpc) is 2.90. The van der Waals surface area contributed by atoms with Gasteiger partial charge in [0.1, 0.15) is 17.2 Å². The van der Waals surface area contributed by atoms with Gasteiger partial charge in [-0.15, -0.1) is 0 Å². The lowest BCUT2D eigenvalue weighted by atomic mass is 10.1. The van der Waals surface area contributed by atoms with Crippen molar-refractivity contribution in [1.29, 1.82) is 0 Å². The minimum Gasteiger partial charge on any atom is -0.508 e. The van der Waals surface area contributed by atoms with Crippen molar-refractivity contribution in [3.05, 3.63) is 42.0 Å². The first-order valence-electron chi connectivity index (χ1n) is 14.1. The SMILES string of the molecule is CCCCCCCC(=O)Oc1ccccc1OC(=O)CCCCCCC.Oc1cc(O)c2c(c1)OCCC2. The van der Waals surface area contributed by atoms with Crippen molar-refractivity contribution in [2.45, 2.75) is 104 Å². The van der Waals surface area contributed by atoms with Gasteiger partial charge >= 0.3 is 11.9 Å². The normalized spacial score (nSPS) is 11.9. The summed E-state index contributed by atoms with van der Waals surface area (Å²) in [6, 6.07) is 9.75. The van der Waals surface area contributed by atoms with Gasteiger partial charge in [-0.2, -0.15) is 0 Å². The van der Waals surface area contributed by atoms with Crippen LogP contribution in [0.4, 0.5) is 0 Å². The summed E-state index contributed by atoms with van der Waals surface area (Å²) in [6.45, 7) is 4.99. The molecule has 0 aliphatic carbocycles. The molecule has 3 rings (SSSR count). The number of benzene rings is 2. The van der Waals surface area contributed by atoms with E-state index >= 15 is 0 Å². The van der Waals surface area contributed by atoms with Gasteiger partial charge in [0.05, 0.1) is 6.61 Å². The number of hydrogen-bond donors (Lipinski definition) is 2. The number of phenols is 2. The molecule has 0 amide bonds. The highest BCUT2D eigenvalue weighted by molar-refractivity contribution is 5.76. The number of rotatable bonds is 14. The van der Waals surface area contributed by atoms with Gasteiger partial charge in [-0.25, -0.2) is 0 Å². The zero-order chi connectivity index (χ0) is 27.6. The van der Waals surface area contributed by atoms with E-state index in [-0.39, 0.29) is 23.4 Å². The Balaban J connectivity index is 0.000000347. The third-order valence-electron chi connectivity index (χ3n) is 6.26. The fourth-order valence-electron chi connectivity index (χ4n) is 4.14. The molecule has 0 saturated heterocycles. The van der Waals surface area contributed by atoms with Crippen molar-refractivity contribution in [2.75, 3.05) is 6.61 Å². The number of phenolic OH excluding ortho intramolecular Hbond substituents is 2. The fourth-order valence-corrected chi connectivity index (χ4v) is 4.14. The van der Waals surface area contributed by atoms with Crippen molar-refractivity contribution < 1.29 is 34.0 Å². The lowest BCUT2D eigenvalue weighted by Crippen LogP contribution is -2.12. The number of esters is 2. The Hall–Kier alpha value is -3.22. The van der Waals surface area contributed by atoms with Crippen LogP contribution in [0, 0.1) is 0 Å². The predicted octanol–water partition coefficient (Wildman–Crippen LogP) is 7.64. The molecule has 2 N–H and O–H groups in total. The summed E-state index contributed by atoms with van der Waals surface area (Å²) in [6.07, 6.45) is 13.3. The second-order valence-electron chi connectivity index (χ2n) is 9.62. The third-order valence-corrected chi connectivity index (χ3v) is 6.26. The van der Waals surface area contributed by atoms with Gasteiger partial charge in [-0.05, 0) is 37.8 Å². The summed E-state index contributed by atoms with van der Waals surface area (Å²) < 4.78 is 16.1. The Kier molecular flexibility index (Phi) is 14.8. The first-order chi connectivity index (χ1) is 18.4. The molecule has 0 radical (unpaired) electrons. The van der Waals surface area contributed by atoms with Crippen LogP contribution in [0.25, 0.3) is 0 Å². The molecule has 0 atom stereocenters. The Morgan fingerprint density at radius 3 is 1.84 bits per heavy atom. The maximum atomic E-state index is 12.0. The van der Waals surface area contributed by atoms with Gasteiger partial charge in [0.25, 0.3) is 0 Å². The van der Waals surface area contributed by atoms with E-state index in [0.29, 0.717) is 36.7 Å². The monoisotopic (exact) mass is 528 g/mol. The highest BCUT2D eigenvalue weighted by Gasteiger charge is 2.15. The predicted molar refractivity (Wildman–Crippen MR) is 148 cm³/mol. The zero-order valence-electron chi connectivity index (χ0n) is 23.0. The summed E-state index contributed by atoms with van der Waals surface area (Å²) in [7, 11) is 0. The molecule has 0 fully saturated rings. The van der Waals surface area contributed by atoms with Gasteiger partial charge < -0.3 is 24.4 Å². The van der Waals surface area contributed by atoms with Crippen LogP contribution < -0.4 is 14.2 Å². The molecule has 2 aromatic rings. The van der Waals surface area contributed by atoms with E-state index in [9.17, 15) is 14.7 Å². The lowest BCUT2D eigenvalue weighted by Gasteiger charge is -2.17. The van der Waals surface area contributed by atoms with E-state index in [1.54, 1.807) is 24.3 Å². The number of ether oxygens (including phenoxy) is 3. The van der Waals surface area contributed by atoms with E-state index < -0.39 is 0 Å². The topological polar surface area (TPSA) is 102 Å². The Labute approximate surface area is 227 Å². The van der Waals surface area contributed by atoms with Crippen LogP contribution in [0.1, 0.15) is 103 Å². The van der Waals surface area contributed by atoms with Crippen molar-refractivity contribution in [3.63, 3.8) is 0 Å². The minimum absolute atomic E-state index is 0.0492. The first kappa shape index (κ1) is 31.0. The highest BCUT2D eigenvalue weighted by atomic mass is 16.6. The number of aromatic hydroxyl groups is 2. The van der Waals surface area contributed by atoms with E-state index in [1.807, 2.05) is 0 Å². The largest absolute Gasteiger partial charge is 0.508 e. The summed E-state index contributed by atoms with van der Waals surface area (Å²) in [5.74, 6) is 0.890. The first-order valence-corrected chi connectivity index (χ1v) is 14.1. The number of fused-ring (bicyclic) bond motifs is 1. The lowest BCUT2D eigenvalue weighted by molar-refractivity contribution is -0.137. The second-order valence-corrected chi connectivity index (χ2v) is 9.62. The van der Waals surface area contributed by atoms with Crippen molar-refractivity contribution in [3.8, 4) is 28.7 Å². The molecule has 0 saturated carbocycles. The van der Waals surface area contributed by atoms with Crippen LogP contribution >= 0.6 is 0 Å². The molecule has 1 heterocycles. The number of unbranched alkanes of at least 4 members (excludes halogenated alkanes) is 8. The van der Waals surface area contributed by atoms with E-state index in [2.05, 4.69) is 13.8 Å². The number of carbonyl (C=O) groups excluding carboxylic acids is 2. The molecule has 1 aliphatic rings. The summed E-state index contributed by atoms with van der Waals surface area (Å²) >= 11 is 0. The Morgan fingerprint density at radius 2 is 1.32 bits per heavy atom. The third kappa shape index (κ3) is 11.9. The molecule has 0 aromatic heterocycles. The van der Waals surface area contributed by atoms with Crippen molar-refractivity contribution in [2.24, 2.45) is 0 Å².